The Balaban J connectivity index is 2.50. The summed E-state index contributed by atoms with van der Waals surface area (Å²) in [5, 5.41) is 0. The van der Waals surface area contributed by atoms with Crippen LogP contribution in [0.2, 0.25) is 0 Å². The second-order valence-electron chi connectivity index (χ2n) is 3.02. The summed E-state index contributed by atoms with van der Waals surface area (Å²) >= 11 is 0. The molecule has 0 aliphatic carbocycles. The largest absolute Gasteiger partial charge is 0.490 e. The molecule has 2 heterocycles. The highest BCUT2D eigenvalue weighted by Gasteiger charge is 2.17. The van der Waals surface area contributed by atoms with E-state index in [1.54, 1.807) is 51.0 Å². The number of hydrogen-bond donors (Lipinski definition) is 0. The van der Waals surface area contributed by atoms with Crippen LogP contribution in [0.5, 0.6) is 0 Å². The average Bonchev–Trinajstić information content (AvgIpc) is 2.97. The van der Waals surface area contributed by atoms with E-state index in [2.05, 4.69) is 0 Å². The molecule has 0 amide bonds. The molecule has 2 rings (SSSR count). The zero-order valence-corrected chi connectivity index (χ0v) is 9.10. The summed E-state index contributed by atoms with van der Waals surface area (Å²) in [4.78, 5) is 0. The molecule has 0 N–H and O–H groups in total. The van der Waals surface area contributed by atoms with Crippen LogP contribution >= 0.6 is 0 Å². The van der Waals surface area contributed by atoms with Gasteiger partial charge in [0.05, 0.1) is 26.7 Å². The van der Waals surface area contributed by atoms with Gasteiger partial charge in [-0.05, 0) is 24.3 Å². The van der Waals surface area contributed by atoms with Gasteiger partial charge in [-0.1, -0.05) is 0 Å². The van der Waals surface area contributed by atoms with Gasteiger partial charge < -0.3 is 18.3 Å². The zero-order valence-electron chi connectivity index (χ0n) is 9.10. The molecule has 0 bridgehead atoms. The van der Waals surface area contributed by atoms with Crippen molar-refractivity contribution in [2.24, 2.45) is 0 Å². The monoisotopic (exact) mass is 220 g/mol. The Kier molecular flexibility index (Phi) is 3.00. The number of hydrogen-bond acceptors (Lipinski definition) is 4. The average molecular weight is 220 g/mol. The minimum Gasteiger partial charge on any atom is -0.490 e. The van der Waals surface area contributed by atoms with E-state index in [1.165, 1.54) is 0 Å². The van der Waals surface area contributed by atoms with Crippen molar-refractivity contribution in [1.29, 1.82) is 0 Å². The highest BCUT2D eigenvalue weighted by atomic mass is 16.5. The lowest BCUT2D eigenvalue weighted by molar-refractivity contribution is 0.309. The van der Waals surface area contributed by atoms with Crippen molar-refractivity contribution >= 4 is 11.5 Å². The first-order valence-corrected chi connectivity index (χ1v) is 4.77. The fourth-order valence-corrected chi connectivity index (χ4v) is 1.43. The second-order valence-corrected chi connectivity index (χ2v) is 3.02. The number of ether oxygens (including phenoxy) is 2. The molecule has 16 heavy (non-hydrogen) atoms. The summed E-state index contributed by atoms with van der Waals surface area (Å²) in [6, 6.07) is 7.15. The van der Waals surface area contributed by atoms with Crippen LogP contribution in [-0.2, 0) is 9.47 Å². The molecule has 0 saturated carbocycles. The van der Waals surface area contributed by atoms with Gasteiger partial charge in [-0.2, -0.15) is 0 Å². The third-order valence-corrected chi connectivity index (χ3v) is 2.10. The summed E-state index contributed by atoms with van der Waals surface area (Å²) in [6.45, 7) is 0. The van der Waals surface area contributed by atoms with E-state index >= 15 is 0 Å². The SMILES string of the molecule is COC(=C(OC)c1ccco1)c1ccco1. The molecule has 0 spiro atoms. The van der Waals surface area contributed by atoms with E-state index in [9.17, 15) is 0 Å². The third kappa shape index (κ3) is 1.82. The molecule has 0 aromatic carbocycles. The lowest BCUT2D eigenvalue weighted by Crippen LogP contribution is -1.94. The van der Waals surface area contributed by atoms with Gasteiger partial charge in [-0.25, -0.2) is 0 Å². The van der Waals surface area contributed by atoms with Crippen LogP contribution in [0.1, 0.15) is 11.5 Å². The molecule has 0 atom stereocenters. The van der Waals surface area contributed by atoms with E-state index in [1.807, 2.05) is 0 Å². The van der Waals surface area contributed by atoms with E-state index < -0.39 is 0 Å². The zero-order chi connectivity index (χ0) is 11.4. The van der Waals surface area contributed by atoms with Crippen LogP contribution in [0.4, 0.5) is 0 Å². The molecule has 0 unspecified atom stereocenters. The summed E-state index contributed by atoms with van der Waals surface area (Å²) < 4.78 is 21.1. The Morgan fingerprint density at radius 1 is 0.875 bits per heavy atom. The fraction of sp³-hybridized carbons (Fsp3) is 0.167. The maximum atomic E-state index is 5.27. The van der Waals surface area contributed by atoms with Crippen LogP contribution in [0, 0.1) is 0 Å². The smallest absolute Gasteiger partial charge is 0.207 e. The first-order chi connectivity index (χ1) is 7.86. The van der Waals surface area contributed by atoms with Crippen molar-refractivity contribution < 1.29 is 18.3 Å². The highest BCUT2D eigenvalue weighted by molar-refractivity contribution is 5.80. The van der Waals surface area contributed by atoms with Crippen molar-refractivity contribution in [3.8, 4) is 0 Å². The van der Waals surface area contributed by atoms with Gasteiger partial charge in [-0.3, -0.25) is 0 Å². The van der Waals surface area contributed by atoms with E-state index in [4.69, 9.17) is 18.3 Å². The molecule has 0 aliphatic heterocycles. The van der Waals surface area contributed by atoms with Crippen LogP contribution in [-0.4, -0.2) is 14.2 Å². The first kappa shape index (κ1) is 10.4. The van der Waals surface area contributed by atoms with Crippen molar-refractivity contribution in [3.05, 3.63) is 48.3 Å². The Morgan fingerprint density at radius 3 is 1.56 bits per heavy atom. The Morgan fingerprint density at radius 2 is 1.31 bits per heavy atom. The minimum atomic E-state index is 0.502. The standard InChI is InChI=1S/C12H12O4/c1-13-11(9-5-3-7-15-9)12(14-2)10-6-4-8-16-10/h3-8H,1-2H3. The predicted molar refractivity (Wildman–Crippen MR) is 58.2 cm³/mol. The van der Waals surface area contributed by atoms with Gasteiger partial charge in [0.25, 0.3) is 0 Å². The van der Waals surface area contributed by atoms with Gasteiger partial charge >= 0.3 is 0 Å². The maximum Gasteiger partial charge on any atom is 0.207 e. The summed E-state index contributed by atoms with van der Waals surface area (Å²) in [5.74, 6) is 2.19. The fourth-order valence-electron chi connectivity index (χ4n) is 1.43. The van der Waals surface area contributed by atoms with Gasteiger partial charge in [0.1, 0.15) is 0 Å². The topological polar surface area (TPSA) is 44.7 Å². The molecular weight excluding hydrogens is 208 g/mol. The van der Waals surface area contributed by atoms with E-state index in [0.29, 0.717) is 23.0 Å². The second kappa shape index (κ2) is 4.61. The molecule has 2 aromatic heterocycles. The van der Waals surface area contributed by atoms with Gasteiger partial charge in [0, 0.05) is 0 Å². The van der Waals surface area contributed by atoms with Crippen molar-refractivity contribution in [1.82, 2.24) is 0 Å². The number of furan rings is 2. The lowest BCUT2D eigenvalue weighted by Gasteiger charge is -2.08. The Labute approximate surface area is 93.1 Å². The summed E-state index contributed by atoms with van der Waals surface area (Å²) in [7, 11) is 3.11. The predicted octanol–water partition coefficient (Wildman–Crippen LogP) is 2.99. The van der Waals surface area contributed by atoms with E-state index in [0.717, 1.165) is 0 Å². The van der Waals surface area contributed by atoms with Crippen LogP contribution in [0.3, 0.4) is 0 Å². The molecule has 0 aliphatic rings. The lowest BCUT2D eigenvalue weighted by atomic mass is 10.2. The summed E-state index contributed by atoms with van der Waals surface area (Å²) in [5.41, 5.74) is 0. The van der Waals surface area contributed by atoms with Crippen molar-refractivity contribution in [2.75, 3.05) is 14.2 Å². The number of rotatable bonds is 4. The molecule has 2 aromatic rings. The van der Waals surface area contributed by atoms with Crippen LogP contribution < -0.4 is 0 Å². The Hall–Kier alpha value is -2.10. The van der Waals surface area contributed by atoms with Gasteiger partial charge in [0.15, 0.2) is 11.5 Å². The van der Waals surface area contributed by atoms with Gasteiger partial charge in [0.2, 0.25) is 11.5 Å². The summed E-state index contributed by atoms with van der Waals surface area (Å²) in [6.07, 6.45) is 3.15. The third-order valence-electron chi connectivity index (χ3n) is 2.10. The quantitative estimate of drug-likeness (QED) is 0.743. The molecule has 4 nitrogen and oxygen atoms in total. The normalized spacial score (nSPS) is 12.1. The molecular formula is C12H12O4. The van der Waals surface area contributed by atoms with Crippen LogP contribution in [0.15, 0.2) is 45.6 Å². The first-order valence-electron chi connectivity index (χ1n) is 4.77. The molecule has 0 radical (unpaired) electrons. The van der Waals surface area contributed by atoms with E-state index in [-0.39, 0.29) is 0 Å². The molecule has 0 saturated heterocycles. The van der Waals surface area contributed by atoms with Gasteiger partial charge in [-0.15, -0.1) is 0 Å². The van der Waals surface area contributed by atoms with Crippen molar-refractivity contribution in [2.45, 2.75) is 0 Å². The van der Waals surface area contributed by atoms with Crippen LogP contribution in [0.25, 0.3) is 11.5 Å². The molecule has 0 fully saturated rings. The molecule has 84 valence electrons. The number of methoxy groups -OCH3 is 2. The minimum absolute atomic E-state index is 0.502. The van der Waals surface area contributed by atoms with Crippen molar-refractivity contribution in [3.63, 3.8) is 0 Å². The molecule has 4 heteroatoms. The Bertz CT molecular complexity index is 407. The maximum absolute atomic E-state index is 5.27. The highest BCUT2D eigenvalue weighted by Crippen LogP contribution is 2.27.